The third kappa shape index (κ3) is 4.10. The maximum absolute atomic E-state index is 12.1. The molecule has 2 aromatic carbocycles. The Kier molecular flexibility index (Phi) is 4.81. The van der Waals surface area contributed by atoms with E-state index in [-0.39, 0.29) is 11.5 Å². The van der Waals surface area contributed by atoms with Crippen LogP contribution in [0, 0.1) is 0 Å². The minimum absolute atomic E-state index is 0.126. The molecule has 0 saturated carbocycles. The Morgan fingerprint density at radius 3 is 2.85 bits per heavy atom. The monoisotopic (exact) mass is 364 g/mol. The van der Waals surface area contributed by atoms with Crippen LogP contribution in [-0.2, 0) is 24.3 Å². The van der Waals surface area contributed by atoms with Crippen LogP contribution in [-0.4, -0.2) is 23.0 Å². The highest BCUT2D eigenvalue weighted by Gasteiger charge is 2.31. The fourth-order valence-corrected chi connectivity index (χ4v) is 4.04. The van der Waals surface area contributed by atoms with Crippen molar-refractivity contribution < 1.29 is 9.53 Å². The van der Waals surface area contributed by atoms with E-state index in [0.717, 1.165) is 43.8 Å². The number of para-hydroxylation sites is 1. The first-order chi connectivity index (χ1) is 13.0. The lowest BCUT2D eigenvalue weighted by molar-refractivity contribution is -0.133. The molecule has 0 bridgehead atoms. The second-order valence-electron chi connectivity index (χ2n) is 8.27. The normalized spacial score (nSPS) is 18.1. The van der Waals surface area contributed by atoms with Gasteiger partial charge in [-0.1, -0.05) is 30.3 Å². The Labute approximate surface area is 161 Å². The van der Waals surface area contributed by atoms with E-state index in [0.29, 0.717) is 13.0 Å². The number of hydrogen-bond acceptors (Lipinski definition) is 3. The van der Waals surface area contributed by atoms with Crippen molar-refractivity contribution in [2.75, 3.05) is 11.9 Å². The summed E-state index contributed by atoms with van der Waals surface area (Å²) in [5, 5.41) is 3.52. The molecule has 4 nitrogen and oxygen atoms in total. The lowest BCUT2D eigenvalue weighted by atomic mass is 10.0. The summed E-state index contributed by atoms with van der Waals surface area (Å²) in [5.74, 6) is 1.31. The van der Waals surface area contributed by atoms with E-state index in [1.807, 2.05) is 4.90 Å². The number of anilines is 1. The number of carbonyl (C=O) groups is 1. The van der Waals surface area contributed by atoms with Gasteiger partial charge in [0.2, 0.25) is 5.91 Å². The van der Waals surface area contributed by atoms with Crippen molar-refractivity contribution in [1.82, 2.24) is 4.90 Å². The first-order valence-electron chi connectivity index (χ1n) is 9.91. The summed E-state index contributed by atoms with van der Waals surface area (Å²) in [6, 6.07) is 14.8. The molecule has 2 aromatic rings. The van der Waals surface area contributed by atoms with E-state index in [1.165, 1.54) is 16.7 Å². The van der Waals surface area contributed by atoms with Gasteiger partial charge >= 0.3 is 0 Å². The summed E-state index contributed by atoms with van der Waals surface area (Å²) in [5.41, 5.74) is 4.60. The molecule has 4 rings (SSSR count). The number of rotatable bonds is 5. The zero-order chi connectivity index (χ0) is 18.9. The zero-order valence-corrected chi connectivity index (χ0v) is 16.3. The second kappa shape index (κ2) is 7.26. The van der Waals surface area contributed by atoms with Gasteiger partial charge in [-0.25, -0.2) is 0 Å². The van der Waals surface area contributed by atoms with E-state index in [1.54, 1.807) is 0 Å². The van der Waals surface area contributed by atoms with Gasteiger partial charge in [0.05, 0.1) is 0 Å². The van der Waals surface area contributed by atoms with E-state index in [9.17, 15) is 4.79 Å². The number of piperidine rings is 1. The van der Waals surface area contributed by atoms with Gasteiger partial charge in [0.15, 0.2) is 0 Å². The van der Waals surface area contributed by atoms with Gasteiger partial charge in [-0.15, -0.1) is 0 Å². The predicted molar refractivity (Wildman–Crippen MR) is 108 cm³/mol. The number of carbonyl (C=O) groups excluding carboxylic acids is 1. The van der Waals surface area contributed by atoms with Crippen LogP contribution in [0.25, 0.3) is 0 Å². The number of amides is 1. The topological polar surface area (TPSA) is 41.6 Å². The van der Waals surface area contributed by atoms with Gasteiger partial charge in [-0.3, -0.25) is 4.79 Å². The molecule has 4 heteroatoms. The molecule has 0 radical (unpaired) electrons. The number of nitrogens with zero attached hydrogens (tertiary/aromatic N) is 1. The molecule has 0 atom stereocenters. The third-order valence-corrected chi connectivity index (χ3v) is 5.38. The van der Waals surface area contributed by atoms with E-state index in [2.05, 4.69) is 61.6 Å². The zero-order valence-electron chi connectivity index (χ0n) is 16.3. The summed E-state index contributed by atoms with van der Waals surface area (Å²) >= 11 is 0. The summed E-state index contributed by atoms with van der Waals surface area (Å²) in [6.45, 7) is 6.57. The van der Waals surface area contributed by atoms with Crippen LogP contribution in [0.5, 0.6) is 5.75 Å². The van der Waals surface area contributed by atoms with Gasteiger partial charge in [-0.2, -0.15) is 0 Å². The third-order valence-electron chi connectivity index (χ3n) is 5.38. The van der Waals surface area contributed by atoms with Gasteiger partial charge in [0.25, 0.3) is 0 Å². The smallest absolute Gasteiger partial charge is 0.222 e. The van der Waals surface area contributed by atoms with Crippen LogP contribution in [0.1, 0.15) is 49.8 Å². The van der Waals surface area contributed by atoms with Crippen molar-refractivity contribution in [3.8, 4) is 5.75 Å². The van der Waals surface area contributed by atoms with Crippen molar-refractivity contribution in [2.24, 2.45) is 0 Å². The average molecular weight is 364 g/mol. The summed E-state index contributed by atoms with van der Waals surface area (Å²) in [6.07, 6.45) is 3.78. The Balaban J connectivity index is 1.43. The number of nitrogens with one attached hydrogen (secondary N) is 1. The molecule has 1 N–H and O–H groups in total. The van der Waals surface area contributed by atoms with Gasteiger partial charge < -0.3 is 15.0 Å². The average Bonchev–Trinajstić information content (AvgIpc) is 2.97. The molecule has 2 aliphatic rings. The maximum Gasteiger partial charge on any atom is 0.222 e. The van der Waals surface area contributed by atoms with Crippen LogP contribution in [0.3, 0.4) is 0 Å². The highest BCUT2D eigenvalue weighted by Crippen LogP contribution is 2.37. The van der Waals surface area contributed by atoms with E-state index >= 15 is 0 Å². The largest absolute Gasteiger partial charge is 0.487 e. The fraction of sp³-hybridized carbons (Fsp3) is 0.435. The molecule has 0 aromatic heterocycles. The van der Waals surface area contributed by atoms with Crippen LogP contribution < -0.4 is 10.1 Å². The fourth-order valence-electron chi connectivity index (χ4n) is 4.04. The Morgan fingerprint density at radius 1 is 1.15 bits per heavy atom. The molecule has 0 spiro atoms. The van der Waals surface area contributed by atoms with E-state index in [4.69, 9.17) is 4.74 Å². The molecule has 1 saturated heterocycles. The first-order valence-corrected chi connectivity index (χ1v) is 9.91. The highest BCUT2D eigenvalue weighted by molar-refractivity contribution is 5.76. The van der Waals surface area contributed by atoms with Gasteiger partial charge in [0, 0.05) is 43.7 Å². The standard InChI is InChI=1S/C23H28N2O2/c1-23(2)14-18-8-6-9-19(22(18)27-23)15-24-20-10-5-7-17(13-20)16-25-12-4-3-11-21(25)26/h5-10,13,24H,3-4,11-12,14-16H2,1-2H3. The van der Waals surface area contributed by atoms with Crippen LogP contribution in [0.2, 0.25) is 0 Å². The SMILES string of the molecule is CC1(C)Cc2cccc(CNc3cccc(CN4CCCCC4=O)c3)c2O1. The number of hydrogen-bond donors (Lipinski definition) is 1. The molecular weight excluding hydrogens is 336 g/mol. The van der Waals surface area contributed by atoms with Crippen LogP contribution in [0.4, 0.5) is 5.69 Å². The molecule has 0 unspecified atom stereocenters. The molecule has 1 fully saturated rings. The quantitative estimate of drug-likeness (QED) is 0.848. The molecule has 1 amide bonds. The van der Waals surface area contributed by atoms with Crippen molar-refractivity contribution in [2.45, 2.75) is 58.2 Å². The highest BCUT2D eigenvalue weighted by atomic mass is 16.5. The summed E-state index contributed by atoms with van der Waals surface area (Å²) in [4.78, 5) is 14.0. The van der Waals surface area contributed by atoms with Crippen LogP contribution in [0.15, 0.2) is 42.5 Å². The minimum Gasteiger partial charge on any atom is -0.487 e. The maximum atomic E-state index is 12.1. The number of benzene rings is 2. The Morgan fingerprint density at radius 2 is 2.00 bits per heavy atom. The number of fused-ring (bicyclic) bond motifs is 1. The summed E-state index contributed by atoms with van der Waals surface area (Å²) < 4.78 is 6.17. The second-order valence-corrected chi connectivity index (χ2v) is 8.27. The van der Waals surface area contributed by atoms with E-state index < -0.39 is 0 Å². The van der Waals surface area contributed by atoms with Crippen molar-refractivity contribution >= 4 is 11.6 Å². The van der Waals surface area contributed by atoms with Gasteiger partial charge in [-0.05, 0) is 49.9 Å². The lowest BCUT2D eigenvalue weighted by Gasteiger charge is -2.27. The lowest BCUT2D eigenvalue weighted by Crippen LogP contribution is -2.34. The van der Waals surface area contributed by atoms with Gasteiger partial charge in [0.1, 0.15) is 11.4 Å². The van der Waals surface area contributed by atoms with Crippen molar-refractivity contribution in [1.29, 1.82) is 0 Å². The Bertz CT molecular complexity index is 844. The molecule has 0 aliphatic carbocycles. The summed E-state index contributed by atoms with van der Waals surface area (Å²) in [7, 11) is 0. The minimum atomic E-state index is -0.126. The number of ether oxygens (including phenoxy) is 1. The Hall–Kier alpha value is -2.49. The molecular formula is C23H28N2O2. The molecule has 27 heavy (non-hydrogen) atoms. The van der Waals surface area contributed by atoms with Crippen LogP contribution >= 0.6 is 0 Å². The predicted octanol–water partition coefficient (Wildman–Crippen LogP) is 4.52. The van der Waals surface area contributed by atoms with Crippen molar-refractivity contribution in [3.05, 3.63) is 59.2 Å². The molecule has 2 aliphatic heterocycles. The molecule has 2 heterocycles. The van der Waals surface area contributed by atoms with Crippen molar-refractivity contribution in [3.63, 3.8) is 0 Å². The first kappa shape index (κ1) is 17.9. The number of likely N-dealkylation sites (tertiary alicyclic amines) is 1. The molecule has 142 valence electrons.